The van der Waals surface area contributed by atoms with Crippen molar-refractivity contribution in [3.63, 3.8) is 0 Å². The highest BCUT2D eigenvalue weighted by atomic mass is 79.9. The second kappa shape index (κ2) is 8.24. The monoisotopic (exact) mass is 434 g/mol. The van der Waals surface area contributed by atoms with Crippen LogP contribution < -0.4 is 10.3 Å². The Morgan fingerprint density at radius 2 is 1.92 bits per heavy atom. The quantitative estimate of drug-likeness (QED) is 0.568. The number of hydrogen-bond donors (Lipinski definition) is 1. The Kier molecular flexibility index (Phi) is 7.32. The summed E-state index contributed by atoms with van der Waals surface area (Å²) in [6.07, 6.45) is 1.59. The Bertz CT molecular complexity index is 677. The van der Waals surface area contributed by atoms with Gasteiger partial charge in [0.25, 0.3) is 5.56 Å². The number of rotatable bonds is 5. The average Bonchev–Trinajstić information content (AvgIpc) is 2.38. The first-order valence-electron chi connectivity index (χ1n) is 7.96. The van der Waals surface area contributed by atoms with Crippen LogP contribution in [-0.4, -0.2) is 25.4 Å². The normalized spacial score (nSPS) is 14.9. The number of carbonyl (C=O) groups is 1. The lowest BCUT2D eigenvalue weighted by atomic mass is 10.1. The molecular weight excluding hydrogens is 408 g/mol. The summed E-state index contributed by atoms with van der Waals surface area (Å²) in [5.74, 6) is -0.427. The van der Waals surface area contributed by atoms with Gasteiger partial charge in [0.2, 0.25) is 0 Å². The molecule has 8 heteroatoms. The minimum absolute atomic E-state index is 0.0368. The maximum Gasteiger partial charge on any atom is 0.308 e. The molecule has 1 unspecified atom stereocenters. The van der Waals surface area contributed by atoms with E-state index in [1.54, 1.807) is 34.0 Å². The van der Waals surface area contributed by atoms with Crippen molar-refractivity contribution >= 4 is 33.3 Å². The first-order valence-corrected chi connectivity index (χ1v) is 9.91. The first kappa shape index (κ1) is 22.2. The van der Waals surface area contributed by atoms with Crippen LogP contribution in [0.4, 0.5) is 0 Å². The van der Waals surface area contributed by atoms with Crippen LogP contribution in [0.1, 0.15) is 59.6 Å². The average molecular weight is 435 g/mol. The van der Waals surface area contributed by atoms with E-state index >= 15 is 0 Å². The molecule has 1 aromatic rings. The van der Waals surface area contributed by atoms with E-state index in [-0.39, 0.29) is 12.0 Å². The lowest BCUT2D eigenvalue weighted by Crippen LogP contribution is -2.42. The topological polar surface area (TPSA) is 83.4 Å². The van der Waals surface area contributed by atoms with E-state index in [1.165, 1.54) is 10.6 Å². The van der Waals surface area contributed by atoms with Gasteiger partial charge < -0.3 is 13.9 Å². The highest BCUT2D eigenvalue weighted by molar-refractivity contribution is 9.10. The van der Waals surface area contributed by atoms with E-state index in [1.807, 2.05) is 20.8 Å². The molecule has 1 aromatic heterocycles. The fourth-order valence-corrected chi connectivity index (χ4v) is 3.47. The van der Waals surface area contributed by atoms with Crippen molar-refractivity contribution in [2.24, 2.45) is 7.05 Å². The zero-order valence-electron chi connectivity index (χ0n) is 15.8. The van der Waals surface area contributed by atoms with Gasteiger partial charge in [0.1, 0.15) is 10.3 Å². The minimum Gasteiger partial charge on any atom is -0.598 e. The van der Waals surface area contributed by atoms with Gasteiger partial charge in [-0.15, -0.1) is 4.72 Å². The molecule has 1 rings (SSSR count). The van der Waals surface area contributed by atoms with Gasteiger partial charge in [0.15, 0.2) is 0 Å². The zero-order chi connectivity index (χ0) is 19.6. The molecule has 1 N–H and O–H groups in total. The molecule has 1 heterocycles. The molecule has 0 aliphatic heterocycles. The number of carbonyl (C=O) groups excluding carboxylic acids is 1. The van der Waals surface area contributed by atoms with E-state index in [4.69, 9.17) is 4.74 Å². The Labute approximate surface area is 160 Å². The fourth-order valence-electron chi connectivity index (χ4n) is 1.95. The second-order valence-electron chi connectivity index (χ2n) is 7.87. The van der Waals surface area contributed by atoms with Gasteiger partial charge in [-0.1, -0.05) is 0 Å². The van der Waals surface area contributed by atoms with Crippen LogP contribution in [0, 0.1) is 0 Å². The molecule has 0 saturated carbocycles. The lowest BCUT2D eigenvalue weighted by molar-refractivity contribution is -0.155. The predicted molar refractivity (Wildman–Crippen MR) is 104 cm³/mol. The fraction of sp³-hybridized carbons (Fsp3) is 0.647. The van der Waals surface area contributed by atoms with Crippen LogP contribution in [0.15, 0.2) is 21.5 Å². The van der Waals surface area contributed by atoms with Crippen LogP contribution in [0.25, 0.3) is 0 Å². The van der Waals surface area contributed by atoms with E-state index in [9.17, 15) is 14.1 Å². The molecule has 0 spiro atoms. The highest BCUT2D eigenvalue weighted by Crippen LogP contribution is 2.28. The Morgan fingerprint density at radius 1 is 1.36 bits per heavy atom. The van der Waals surface area contributed by atoms with Crippen molar-refractivity contribution in [2.75, 3.05) is 0 Å². The van der Waals surface area contributed by atoms with Gasteiger partial charge in [-0.25, -0.2) is 0 Å². The molecule has 0 saturated heterocycles. The zero-order valence-corrected chi connectivity index (χ0v) is 18.2. The minimum atomic E-state index is -1.42. The molecule has 0 aliphatic rings. The first-order chi connectivity index (χ1) is 11.2. The Hall–Kier alpha value is -0.830. The SMILES string of the molecule is Cn1cc(Br)c([C@H](CC(=O)OC(C)(C)C)N[S+]([O-])C(C)(C)C)cc1=O. The van der Waals surface area contributed by atoms with Gasteiger partial charge in [0, 0.05) is 35.1 Å². The molecule has 0 bridgehead atoms. The standard InChI is InChI=1S/C17H27BrN2O4S/c1-16(2,3)24-15(22)9-13(19-25(23)17(4,5)6)11-8-14(21)20(7)10-12(11)18/h8,10,13,19H,9H2,1-7H3/t13-,25?/m0/s1. The Morgan fingerprint density at radius 3 is 2.40 bits per heavy atom. The van der Waals surface area contributed by atoms with Gasteiger partial charge in [-0.3, -0.25) is 9.59 Å². The van der Waals surface area contributed by atoms with Crippen molar-refractivity contribution in [1.29, 1.82) is 0 Å². The number of halogens is 1. The van der Waals surface area contributed by atoms with Gasteiger partial charge in [-0.05, 0) is 63.0 Å². The molecule has 6 nitrogen and oxygen atoms in total. The Balaban J connectivity index is 3.18. The molecule has 0 amide bonds. The third kappa shape index (κ3) is 7.13. The second-order valence-corrected chi connectivity index (χ2v) is 10.7. The van der Waals surface area contributed by atoms with Crippen molar-refractivity contribution < 1.29 is 14.1 Å². The number of ether oxygens (including phenoxy) is 1. The summed E-state index contributed by atoms with van der Waals surface area (Å²) in [7, 11) is 1.64. The molecule has 25 heavy (non-hydrogen) atoms. The maximum atomic E-state index is 12.5. The van der Waals surface area contributed by atoms with Gasteiger partial charge >= 0.3 is 5.97 Å². The number of aryl methyl sites for hydroxylation is 1. The number of aromatic nitrogens is 1. The van der Waals surface area contributed by atoms with E-state index in [0.717, 1.165) is 0 Å². The van der Waals surface area contributed by atoms with Crippen LogP contribution in [0.2, 0.25) is 0 Å². The molecule has 0 fully saturated rings. The summed E-state index contributed by atoms with van der Waals surface area (Å²) in [4.78, 5) is 24.3. The van der Waals surface area contributed by atoms with Crippen molar-refractivity contribution in [3.05, 3.63) is 32.7 Å². The van der Waals surface area contributed by atoms with Crippen molar-refractivity contribution in [2.45, 2.75) is 64.4 Å². The molecule has 0 aliphatic carbocycles. The van der Waals surface area contributed by atoms with E-state index in [0.29, 0.717) is 10.0 Å². The smallest absolute Gasteiger partial charge is 0.308 e. The summed E-state index contributed by atoms with van der Waals surface area (Å²) in [5, 5.41) is 0. The number of pyridine rings is 1. The van der Waals surface area contributed by atoms with Gasteiger partial charge in [-0.2, -0.15) is 0 Å². The van der Waals surface area contributed by atoms with Crippen LogP contribution in [0.5, 0.6) is 0 Å². The largest absolute Gasteiger partial charge is 0.598 e. The molecular formula is C17H27BrN2O4S. The van der Waals surface area contributed by atoms with Crippen LogP contribution in [-0.2, 0) is 27.9 Å². The number of hydrogen-bond acceptors (Lipinski definition) is 5. The summed E-state index contributed by atoms with van der Waals surface area (Å²) >= 11 is 2.01. The van der Waals surface area contributed by atoms with E-state index in [2.05, 4.69) is 20.7 Å². The number of nitrogens with one attached hydrogen (secondary N) is 1. The highest BCUT2D eigenvalue weighted by Gasteiger charge is 2.33. The van der Waals surface area contributed by atoms with Crippen molar-refractivity contribution in [1.82, 2.24) is 9.29 Å². The lowest BCUT2D eigenvalue weighted by Gasteiger charge is -2.29. The third-order valence-electron chi connectivity index (χ3n) is 3.18. The summed E-state index contributed by atoms with van der Waals surface area (Å²) in [6.45, 7) is 10.9. The van der Waals surface area contributed by atoms with Crippen LogP contribution >= 0.6 is 15.9 Å². The summed E-state index contributed by atoms with van der Waals surface area (Å²) < 4.78 is 22.4. The molecule has 0 radical (unpaired) electrons. The van der Waals surface area contributed by atoms with Crippen LogP contribution in [0.3, 0.4) is 0 Å². The molecule has 2 atom stereocenters. The summed E-state index contributed by atoms with van der Waals surface area (Å²) in [6, 6.07) is 0.824. The van der Waals surface area contributed by atoms with Crippen molar-refractivity contribution in [3.8, 4) is 0 Å². The number of esters is 1. The van der Waals surface area contributed by atoms with E-state index < -0.39 is 33.7 Å². The summed E-state index contributed by atoms with van der Waals surface area (Å²) in [5.41, 5.74) is -0.253. The predicted octanol–water partition coefficient (Wildman–Crippen LogP) is 2.97. The maximum absolute atomic E-state index is 12.5. The third-order valence-corrected chi connectivity index (χ3v) is 5.45. The number of nitrogens with zero attached hydrogens (tertiary/aromatic N) is 1. The molecule has 142 valence electrons. The van der Waals surface area contributed by atoms with Gasteiger partial charge in [0.05, 0.1) is 12.5 Å². The molecule has 0 aromatic carbocycles.